The molecule has 0 aromatic heterocycles. The lowest BCUT2D eigenvalue weighted by Crippen LogP contribution is -2.34. The number of carbonyl (C=O) groups excluding carboxylic acids is 2. The average Bonchev–Trinajstić information content (AvgIpc) is 3.61. The van der Waals surface area contributed by atoms with E-state index >= 15 is 0 Å². The first-order valence-electron chi connectivity index (χ1n) is 31.5. The summed E-state index contributed by atoms with van der Waals surface area (Å²) < 4.78 is 27.5. The summed E-state index contributed by atoms with van der Waals surface area (Å²) in [4.78, 5) is 42.2. The van der Waals surface area contributed by atoms with Crippen molar-refractivity contribution < 1.29 is 43.2 Å². The van der Waals surface area contributed by atoms with Gasteiger partial charge in [0.25, 0.3) is 0 Å². The monoisotopic (exact) mass is 1210 g/mol. The molecule has 15 heteroatoms. The number of benzene rings is 6. The molecule has 0 aliphatic carbocycles. The minimum Gasteiger partial charge on any atom is -0.496 e. The van der Waals surface area contributed by atoms with E-state index in [1.165, 1.54) is 58.2 Å². The van der Waals surface area contributed by atoms with Crippen LogP contribution in [0.2, 0.25) is 0 Å². The summed E-state index contributed by atoms with van der Waals surface area (Å²) in [6.07, 6.45) is 6.38. The molecule has 480 valence electrons. The molecule has 0 saturated carbocycles. The standard InChI is InChI=1S/C27H36N2O4.C21H29NO2.C14H22N2O2.C11H17NO/c1-4-33-25-17-20(12-13-22(25)27(31)32)18-26(30)28-23(16-19(2)3)21-10-6-7-11-24(21)29-14-8-5-9-15-29;1-5-23-20-8-6-7-9-21(20)24-13-12-22-18(4)15-19-11-10-16(2)17(3)14-19;1-6-16(5)14(17)18-13-9-7-8-12(10-13)11(2)15(3)4;1-9(12-2)8-10-6-4-5-7-11(10)13-3/h6-7,10-13,17,19,23H,4-5,8-9,14-16,18H2,1-3H3,(H,28,30)(H,31,32);6-11,14,18,22H,5,12-13,15H2,1-4H3;7-11H,6H2,1-5H3;4-7,9,12H,8H2,1-3H3/t23-;18-;11-;9-/m0100/s1. The molecule has 6 aromatic rings. The smallest absolute Gasteiger partial charge is 0.414 e. The molecule has 6 aromatic carbocycles. The number of carboxylic acids is 1. The van der Waals surface area contributed by atoms with Gasteiger partial charge in [-0.1, -0.05) is 98.8 Å². The molecule has 1 fully saturated rings. The summed E-state index contributed by atoms with van der Waals surface area (Å²) in [6.45, 7) is 26.0. The van der Waals surface area contributed by atoms with Crippen LogP contribution < -0.4 is 44.5 Å². The molecule has 1 aliphatic heterocycles. The van der Waals surface area contributed by atoms with E-state index in [1.807, 2.05) is 102 Å². The Balaban J connectivity index is 0.000000265. The van der Waals surface area contributed by atoms with E-state index in [1.54, 1.807) is 39.3 Å². The zero-order valence-electron chi connectivity index (χ0n) is 55.5. The molecule has 0 unspecified atom stereocenters. The van der Waals surface area contributed by atoms with Gasteiger partial charge in [-0.3, -0.25) is 4.79 Å². The number of anilines is 1. The quantitative estimate of drug-likeness (QED) is 0.0361. The summed E-state index contributed by atoms with van der Waals surface area (Å²) in [5, 5.41) is 19.4. The lowest BCUT2D eigenvalue weighted by atomic mass is 9.94. The van der Waals surface area contributed by atoms with Crippen LogP contribution in [0.4, 0.5) is 10.5 Å². The summed E-state index contributed by atoms with van der Waals surface area (Å²) in [7, 11) is 9.44. The fourth-order valence-electron chi connectivity index (χ4n) is 9.91. The molecule has 2 amide bonds. The lowest BCUT2D eigenvalue weighted by Gasteiger charge is -2.33. The average molecular weight is 1210 g/mol. The molecule has 7 rings (SSSR count). The Kier molecular flexibility index (Phi) is 32.6. The number of hydrogen-bond donors (Lipinski definition) is 4. The molecule has 1 heterocycles. The van der Waals surface area contributed by atoms with Gasteiger partial charge in [-0.2, -0.15) is 0 Å². The number of methoxy groups -OCH3 is 1. The van der Waals surface area contributed by atoms with E-state index in [4.69, 9.17) is 23.7 Å². The van der Waals surface area contributed by atoms with Crippen molar-refractivity contribution in [1.82, 2.24) is 25.8 Å². The molecule has 4 atom stereocenters. The van der Waals surface area contributed by atoms with E-state index in [2.05, 4.69) is 117 Å². The van der Waals surface area contributed by atoms with Crippen molar-refractivity contribution in [3.05, 3.63) is 178 Å². The Hall–Kier alpha value is -7.59. The molecular formula is C73H104N6O9. The fraction of sp³-hybridized carbons (Fsp3) is 0.466. The Labute approximate surface area is 527 Å². The summed E-state index contributed by atoms with van der Waals surface area (Å²) in [5.41, 5.74) is 9.68. The van der Waals surface area contributed by atoms with E-state index in [0.29, 0.717) is 55.9 Å². The van der Waals surface area contributed by atoms with Crippen molar-refractivity contribution in [2.45, 2.75) is 138 Å². The van der Waals surface area contributed by atoms with Crippen molar-refractivity contribution in [1.29, 1.82) is 0 Å². The molecule has 4 N–H and O–H groups in total. The number of aryl methyl sites for hydroxylation is 2. The maximum Gasteiger partial charge on any atom is 0.414 e. The van der Waals surface area contributed by atoms with Crippen LogP contribution in [0.25, 0.3) is 0 Å². The van der Waals surface area contributed by atoms with Gasteiger partial charge in [-0.05, 0) is 208 Å². The molecule has 15 nitrogen and oxygen atoms in total. The van der Waals surface area contributed by atoms with Gasteiger partial charge in [-0.15, -0.1) is 0 Å². The number of amides is 2. The van der Waals surface area contributed by atoms with Gasteiger partial charge in [-0.25, -0.2) is 9.59 Å². The maximum absolute atomic E-state index is 13.1. The highest BCUT2D eigenvalue weighted by Crippen LogP contribution is 2.33. The van der Waals surface area contributed by atoms with Gasteiger partial charge in [0.15, 0.2) is 11.5 Å². The van der Waals surface area contributed by atoms with Crippen LogP contribution in [0.3, 0.4) is 0 Å². The molecule has 0 radical (unpaired) electrons. The highest BCUT2D eigenvalue weighted by atomic mass is 16.6. The van der Waals surface area contributed by atoms with E-state index in [-0.39, 0.29) is 36.1 Å². The fourth-order valence-corrected chi connectivity index (χ4v) is 9.91. The number of ether oxygens (including phenoxy) is 5. The molecule has 0 bridgehead atoms. The third-order valence-electron chi connectivity index (χ3n) is 15.4. The zero-order chi connectivity index (χ0) is 64.5. The number of piperidine rings is 1. The predicted molar refractivity (Wildman–Crippen MR) is 359 cm³/mol. The molecule has 88 heavy (non-hydrogen) atoms. The normalized spacial score (nSPS) is 13.2. The number of carbonyl (C=O) groups is 3. The zero-order valence-corrected chi connectivity index (χ0v) is 55.5. The number of carboxylic acid groups (broad SMARTS) is 1. The van der Waals surface area contributed by atoms with Crippen LogP contribution in [-0.4, -0.2) is 126 Å². The summed E-state index contributed by atoms with van der Waals surface area (Å²) in [5.74, 6) is 2.77. The van der Waals surface area contributed by atoms with Crippen molar-refractivity contribution >= 4 is 23.7 Å². The van der Waals surface area contributed by atoms with Crippen molar-refractivity contribution in [2.24, 2.45) is 5.92 Å². The molecule has 1 aliphatic rings. The van der Waals surface area contributed by atoms with E-state index < -0.39 is 5.97 Å². The number of likely N-dealkylation sites (N-methyl/N-ethyl adjacent to an activating group) is 1. The first-order chi connectivity index (χ1) is 42.2. The second kappa shape index (κ2) is 39.3. The van der Waals surface area contributed by atoms with Gasteiger partial charge in [0.1, 0.15) is 29.4 Å². The van der Waals surface area contributed by atoms with E-state index in [0.717, 1.165) is 72.8 Å². The number of aromatic carboxylic acids is 1. The van der Waals surface area contributed by atoms with Crippen molar-refractivity contribution in [2.75, 3.05) is 86.2 Å². The molecule has 0 spiro atoms. The Morgan fingerprint density at radius 2 is 1.30 bits per heavy atom. The number of hydrogen-bond acceptors (Lipinski definition) is 12. The van der Waals surface area contributed by atoms with Crippen LogP contribution in [0.5, 0.6) is 28.7 Å². The van der Waals surface area contributed by atoms with Gasteiger partial charge in [0.2, 0.25) is 5.91 Å². The number of nitrogens with one attached hydrogen (secondary N) is 3. The molecule has 1 saturated heterocycles. The predicted octanol–water partition coefficient (Wildman–Crippen LogP) is 14.1. The maximum atomic E-state index is 13.1. The third kappa shape index (κ3) is 25.3. The van der Waals surface area contributed by atoms with Crippen LogP contribution in [0.1, 0.15) is 142 Å². The third-order valence-corrected chi connectivity index (χ3v) is 15.4. The summed E-state index contributed by atoms with van der Waals surface area (Å²) >= 11 is 0. The Morgan fingerprint density at radius 3 is 1.92 bits per heavy atom. The van der Waals surface area contributed by atoms with Gasteiger partial charge in [0.05, 0.1) is 32.8 Å². The highest BCUT2D eigenvalue weighted by molar-refractivity contribution is 5.91. The highest BCUT2D eigenvalue weighted by Gasteiger charge is 2.24. The van der Waals surface area contributed by atoms with Gasteiger partial charge in [0, 0.05) is 57.0 Å². The minimum absolute atomic E-state index is 0.0831. The second-order valence-corrected chi connectivity index (χ2v) is 23.1. The lowest BCUT2D eigenvalue weighted by molar-refractivity contribution is -0.121. The van der Waals surface area contributed by atoms with Crippen LogP contribution in [0, 0.1) is 19.8 Å². The summed E-state index contributed by atoms with van der Waals surface area (Å²) in [6, 6.07) is 44.7. The second-order valence-electron chi connectivity index (χ2n) is 23.1. The molecular weight excluding hydrogens is 1100 g/mol. The number of nitrogens with zero attached hydrogens (tertiary/aromatic N) is 3. The van der Waals surface area contributed by atoms with E-state index in [9.17, 15) is 19.5 Å². The topological polar surface area (TPSA) is 163 Å². The largest absolute Gasteiger partial charge is 0.496 e. The first-order valence-corrected chi connectivity index (χ1v) is 31.5. The van der Waals surface area contributed by atoms with Crippen LogP contribution in [-0.2, 0) is 24.1 Å². The van der Waals surface area contributed by atoms with Gasteiger partial charge < -0.3 is 59.4 Å². The van der Waals surface area contributed by atoms with Crippen LogP contribution >= 0.6 is 0 Å². The van der Waals surface area contributed by atoms with Gasteiger partial charge >= 0.3 is 12.1 Å². The number of para-hydroxylation sites is 4. The van der Waals surface area contributed by atoms with Crippen LogP contribution in [0.15, 0.2) is 133 Å². The van der Waals surface area contributed by atoms with Crippen molar-refractivity contribution in [3.8, 4) is 28.7 Å². The van der Waals surface area contributed by atoms with Crippen molar-refractivity contribution in [3.63, 3.8) is 0 Å². The minimum atomic E-state index is -1.04. The Morgan fingerprint density at radius 1 is 0.659 bits per heavy atom. The number of rotatable bonds is 27. The SMILES string of the molecule is CCN(C)C(=O)Oc1cccc([C@H](C)N(C)C)c1.CCOc1cc(CC(=O)N[C@@H](CC(C)C)c2ccccc2N2CCCCC2)ccc1C(=O)O.CCOc1ccccc1OCCN[C@H](C)Cc1ccc(C)c(C)c1.CN[C@@H](C)Cc1ccccc1OC. The Bertz CT molecular complexity index is 3020. The first kappa shape index (κ1) is 72.9.